The molecule has 4 atom stereocenters. The number of nitrogens with zero attached hydrogens (tertiary/aromatic N) is 2. The minimum absolute atomic E-state index is 0.104. The number of likely N-dealkylation sites (tertiary alicyclic amines) is 2. The van der Waals surface area contributed by atoms with Crippen LogP contribution in [0.2, 0.25) is 0 Å². The van der Waals surface area contributed by atoms with E-state index in [0.717, 1.165) is 47.9 Å². The standard InChI is InChI=1S/C32H36N2O6/c1-39-29(37)31(27(35)33-15-3-4-16-33)19-25(31)23-11-7-21(8-12-23)22-9-13-24(14-10-22)26-20-32(26,30(38)40-2)28(36)34-17-5-6-18-34/h7-14,25-26H,3-6,15-20H2,1-2H3/t25-,26-,31-,32-/m1/s1. The molecule has 0 aromatic heterocycles. The van der Waals surface area contributed by atoms with Crippen molar-refractivity contribution in [3.8, 4) is 11.1 Å². The molecule has 2 saturated carbocycles. The predicted molar refractivity (Wildman–Crippen MR) is 147 cm³/mol. The van der Waals surface area contributed by atoms with Crippen molar-refractivity contribution in [2.45, 2.75) is 50.4 Å². The summed E-state index contributed by atoms with van der Waals surface area (Å²) >= 11 is 0. The average Bonchev–Trinajstić information content (AvgIpc) is 3.74. The van der Waals surface area contributed by atoms with Crippen LogP contribution in [0.5, 0.6) is 0 Å². The second kappa shape index (κ2) is 10.1. The van der Waals surface area contributed by atoms with Gasteiger partial charge in [-0.2, -0.15) is 0 Å². The molecule has 2 aliphatic carbocycles. The average molecular weight is 545 g/mol. The summed E-state index contributed by atoms with van der Waals surface area (Å²) in [5.41, 5.74) is 1.72. The minimum Gasteiger partial charge on any atom is -0.468 e. The van der Waals surface area contributed by atoms with E-state index < -0.39 is 22.8 Å². The summed E-state index contributed by atoms with van der Waals surface area (Å²) in [5.74, 6) is -1.46. The van der Waals surface area contributed by atoms with E-state index in [9.17, 15) is 19.2 Å². The Bertz CT molecular complexity index is 1220. The Balaban J connectivity index is 1.17. The molecule has 0 N–H and O–H groups in total. The Morgan fingerprint density at radius 3 is 1.23 bits per heavy atom. The number of hydrogen-bond acceptors (Lipinski definition) is 6. The number of carbonyl (C=O) groups is 4. The number of benzene rings is 2. The summed E-state index contributed by atoms with van der Waals surface area (Å²) in [6.45, 7) is 2.81. The first-order valence-electron chi connectivity index (χ1n) is 14.3. The molecule has 4 fully saturated rings. The molecular formula is C32H36N2O6. The normalized spacial score (nSPS) is 28.8. The van der Waals surface area contributed by atoms with Gasteiger partial charge in [-0.3, -0.25) is 19.2 Å². The topological polar surface area (TPSA) is 93.2 Å². The lowest BCUT2D eigenvalue weighted by Gasteiger charge is -2.22. The Labute approximate surface area is 234 Å². The summed E-state index contributed by atoms with van der Waals surface area (Å²) in [7, 11) is 2.70. The molecule has 2 aromatic rings. The van der Waals surface area contributed by atoms with Crippen LogP contribution in [-0.2, 0) is 28.7 Å². The fraction of sp³-hybridized carbons (Fsp3) is 0.500. The van der Waals surface area contributed by atoms with Gasteiger partial charge >= 0.3 is 11.9 Å². The molecule has 8 heteroatoms. The molecule has 4 aliphatic rings. The number of hydrogen-bond donors (Lipinski definition) is 0. The van der Waals surface area contributed by atoms with Crippen molar-refractivity contribution in [1.29, 1.82) is 0 Å². The summed E-state index contributed by atoms with van der Waals surface area (Å²) in [4.78, 5) is 55.7. The first-order valence-corrected chi connectivity index (χ1v) is 14.3. The van der Waals surface area contributed by atoms with E-state index in [1.54, 1.807) is 9.80 Å². The van der Waals surface area contributed by atoms with Gasteiger partial charge in [-0.15, -0.1) is 0 Å². The molecule has 2 heterocycles. The van der Waals surface area contributed by atoms with E-state index in [1.165, 1.54) is 14.2 Å². The maximum Gasteiger partial charge on any atom is 0.322 e. The second-order valence-corrected chi connectivity index (χ2v) is 11.7. The number of amides is 2. The van der Waals surface area contributed by atoms with Crippen molar-refractivity contribution >= 4 is 23.8 Å². The highest BCUT2D eigenvalue weighted by molar-refractivity contribution is 6.08. The zero-order chi connectivity index (χ0) is 28.1. The monoisotopic (exact) mass is 544 g/mol. The Morgan fingerprint density at radius 1 is 0.600 bits per heavy atom. The van der Waals surface area contributed by atoms with Crippen LogP contribution in [0.4, 0.5) is 0 Å². The van der Waals surface area contributed by atoms with E-state index in [2.05, 4.69) is 0 Å². The number of esters is 2. The van der Waals surface area contributed by atoms with Gasteiger partial charge < -0.3 is 19.3 Å². The SMILES string of the molecule is COC(=O)[C@]1(C(=O)N2CCCC2)C[C@@H]1c1ccc(-c2ccc([C@H]3C[C@]3(C(=O)OC)C(=O)N3CCCC3)cc2)cc1. The predicted octanol–water partition coefficient (Wildman–Crippen LogP) is 3.89. The molecule has 8 nitrogen and oxygen atoms in total. The summed E-state index contributed by atoms with van der Waals surface area (Å²) in [6, 6.07) is 16.0. The van der Waals surface area contributed by atoms with E-state index >= 15 is 0 Å². The zero-order valence-electron chi connectivity index (χ0n) is 23.2. The smallest absolute Gasteiger partial charge is 0.322 e. The fourth-order valence-electron chi connectivity index (χ4n) is 7.01. The van der Waals surface area contributed by atoms with E-state index in [-0.39, 0.29) is 23.7 Å². The molecule has 6 rings (SSSR count). The summed E-state index contributed by atoms with van der Waals surface area (Å²) < 4.78 is 10.2. The van der Waals surface area contributed by atoms with E-state index in [1.807, 2.05) is 48.5 Å². The highest BCUT2D eigenvalue weighted by Gasteiger charge is 2.69. The number of methoxy groups -OCH3 is 2. The summed E-state index contributed by atoms with van der Waals surface area (Å²) in [6.07, 6.45) is 4.84. The third-order valence-corrected chi connectivity index (χ3v) is 9.53. The Kier molecular flexibility index (Phi) is 6.67. The molecule has 2 saturated heterocycles. The van der Waals surface area contributed by atoms with Crippen LogP contribution in [0.3, 0.4) is 0 Å². The summed E-state index contributed by atoms with van der Waals surface area (Å²) in [5, 5.41) is 0. The number of carbonyl (C=O) groups excluding carboxylic acids is 4. The lowest BCUT2D eigenvalue weighted by molar-refractivity contribution is -0.157. The molecule has 2 aromatic carbocycles. The molecule has 40 heavy (non-hydrogen) atoms. The van der Waals surface area contributed by atoms with Gasteiger partial charge in [0.25, 0.3) is 0 Å². The van der Waals surface area contributed by atoms with Crippen LogP contribution in [0.1, 0.15) is 61.5 Å². The second-order valence-electron chi connectivity index (χ2n) is 11.7. The maximum absolute atomic E-state index is 13.3. The van der Waals surface area contributed by atoms with Crippen molar-refractivity contribution in [3.05, 3.63) is 59.7 Å². The minimum atomic E-state index is -1.11. The largest absolute Gasteiger partial charge is 0.468 e. The van der Waals surface area contributed by atoms with Gasteiger partial charge in [0.05, 0.1) is 14.2 Å². The van der Waals surface area contributed by atoms with Crippen molar-refractivity contribution in [2.75, 3.05) is 40.4 Å². The zero-order valence-corrected chi connectivity index (χ0v) is 23.2. The van der Waals surface area contributed by atoms with Gasteiger partial charge in [0.2, 0.25) is 11.8 Å². The van der Waals surface area contributed by atoms with Crippen molar-refractivity contribution in [3.63, 3.8) is 0 Å². The van der Waals surface area contributed by atoms with Gasteiger partial charge in [0.15, 0.2) is 10.8 Å². The number of ether oxygens (including phenoxy) is 2. The van der Waals surface area contributed by atoms with Crippen molar-refractivity contribution in [2.24, 2.45) is 10.8 Å². The maximum atomic E-state index is 13.3. The van der Waals surface area contributed by atoms with Gasteiger partial charge in [-0.05, 0) is 60.8 Å². The van der Waals surface area contributed by atoms with E-state index in [4.69, 9.17) is 9.47 Å². The molecule has 2 amide bonds. The third kappa shape index (κ3) is 4.11. The van der Waals surface area contributed by atoms with Gasteiger partial charge in [0, 0.05) is 38.0 Å². The number of rotatable bonds is 7. The molecule has 0 unspecified atom stereocenters. The van der Waals surface area contributed by atoms with E-state index in [0.29, 0.717) is 39.0 Å². The van der Waals surface area contributed by atoms with Crippen LogP contribution in [0.25, 0.3) is 11.1 Å². The molecule has 2 aliphatic heterocycles. The lowest BCUT2D eigenvalue weighted by atomic mass is 9.94. The Hall–Kier alpha value is -3.68. The molecule has 0 spiro atoms. The third-order valence-electron chi connectivity index (χ3n) is 9.53. The molecule has 210 valence electrons. The quantitative estimate of drug-likeness (QED) is 0.388. The fourth-order valence-corrected chi connectivity index (χ4v) is 7.01. The lowest BCUT2D eigenvalue weighted by Crippen LogP contribution is -2.40. The van der Waals surface area contributed by atoms with Crippen LogP contribution in [0, 0.1) is 10.8 Å². The van der Waals surface area contributed by atoms with Crippen LogP contribution >= 0.6 is 0 Å². The van der Waals surface area contributed by atoms with Gasteiger partial charge in [-0.1, -0.05) is 48.5 Å². The molecular weight excluding hydrogens is 508 g/mol. The first-order chi connectivity index (χ1) is 19.4. The highest BCUT2D eigenvalue weighted by atomic mass is 16.5. The first kappa shape index (κ1) is 26.5. The van der Waals surface area contributed by atoms with Gasteiger partial charge in [0.1, 0.15) is 0 Å². The van der Waals surface area contributed by atoms with Gasteiger partial charge in [-0.25, -0.2) is 0 Å². The highest BCUT2D eigenvalue weighted by Crippen LogP contribution is 2.62. The van der Waals surface area contributed by atoms with Crippen molar-refractivity contribution < 1.29 is 28.7 Å². The van der Waals surface area contributed by atoms with Crippen LogP contribution < -0.4 is 0 Å². The molecule has 0 radical (unpaired) electrons. The van der Waals surface area contributed by atoms with Crippen LogP contribution in [0.15, 0.2) is 48.5 Å². The van der Waals surface area contributed by atoms with Crippen molar-refractivity contribution in [1.82, 2.24) is 9.80 Å². The van der Waals surface area contributed by atoms with Crippen LogP contribution in [-0.4, -0.2) is 74.0 Å². The Morgan fingerprint density at radius 2 is 0.925 bits per heavy atom. The molecule has 0 bridgehead atoms.